The zero-order valence-corrected chi connectivity index (χ0v) is 9.23. The first-order valence-electron chi connectivity index (χ1n) is 4.66. The Morgan fingerprint density at radius 2 is 2.07 bits per heavy atom. The molecule has 0 bridgehead atoms. The predicted octanol–water partition coefficient (Wildman–Crippen LogP) is 2.62. The lowest BCUT2D eigenvalue weighted by molar-refractivity contribution is 0.799. The molecule has 2 N–H and O–H groups in total. The molecule has 0 aliphatic heterocycles. The van der Waals surface area contributed by atoms with Gasteiger partial charge in [-0.25, -0.2) is 0 Å². The van der Waals surface area contributed by atoms with Crippen LogP contribution < -0.4 is 5.32 Å². The lowest BCUT2D eigenvalue weighted by Gasteiger charge is -2.09. The number of nitrogens with one attached hydrogen (secondary N) is 2. The predicted molar refractivity (Wildman–Crippen MR) is 63.8 cm³/mol. The average molecular weight is 206 g/mol. The number of rotatable bonds is 2. The molecular weight excluding hydrogens is 192 g/mol. The van der Waals surface area contributed by atoms with Crippen molar-refractivity contribution >= 4 is 23.5 Å². The standard InChI is InChI=1S/C11H14N2S/c1-7-10(11(14)12-2)8-5-3-4-6-9(8)13-7/h3-6,11-14H,1-2H3. The molecule has 0 saturated carbocycles. The summed E-state index contributed by atoms with van der Waals surface area (Å²) < 4.78 is 0. The maximum Gasteiger partial charge on any atom is 0.0780 e. The first kappa shape index (κ1) is 9.62. The molecule has 0 amide bonds. The Labute approximate surface area is 89.1 Å². The summed E-state index contributed by atoms with van der Waals surface area (Å²) in [6.07, 6.45) is 0. The van der Waals surface area contributed by atoms with Crippen molar-refractivity contribution in [2.75, 3.05) is 7.05 Å². The summed E-state index contributed by atoms with van der Waals surface area (Å²) in [5, 5.41) is 4.48. The Kier molecular flexibility index (Phi) is 2.52. The largest absolute Gasteiger partial charge is 0.358 e. The smallest absolute Gasteiger partial charge is 0.0780 e. The Balaban J connectivity index is 2.67. The number of aromatic amines is 1. The van der Waals surface area contributed by atoms with E-state index >= 15 is 0 Å². The van der Waals surface area contributed by atoms with E-state index in [9.17, 15) is 0 Å². The molecule has 2 aromatic rings. The monoisotopic (exact) mass is 206 g/mol. The van der Waals surface area contributed by atoms with Gasteiger partial charge in [-0.15, -0.1) is 0 Å². The molecule has 0 radical (unpaired) electrons. The molecular formula is C11H14N2S. The van der Waals surface area contributed by atoms with Gasteiger partial charge in [0.25, 0.3) is 0 Å². The van der Waals surface area contributed by atoms with E-state index in [1.54, 1.807) is 0 Å². The fourth-order valence-electron chi connectivity index (χ4n) is 1.80. The van der Waals surface area contributed by atoms with Crippen molar-refractivity contribution in [2.45, 2.75) is 12.3 Å². The molecule has 2 rings (SSSR count). The second-order valence-corrected chi connectivity index (χ2v) is 3.92. The second kappa shape index (κ2) is 3.67. The molecule has 14 heavy (non-hydrogen) atoms. The van der Waals surface area contributed by atoms with Gasteiger partial charge in [-0.1, -0.05) is 18.2 Å². The van der Waals surface area contributed by atoms with E-state index < -0.39 is 0 Å². The van der Waals surface area contributed by atoms with Gasteiger partial charge in [0.15, 0.2) is 0 Å². The normalized spacial score (nSPS) is 13.4. The van der Waals surface area contributed by atoms with Crippen LogP contribution in [-0.4, -0.2) is 12.0 Å². The maximum atomic E-state index is 4.50. The highest BCUT2D eigenvalue weighted by Gasteiger charge is 2.13. The minimum Gasteiger partial charge on any atom is -0.358 e. The number of hydrogen-bond acceptors (Lipinski definition) is 2. The SMILES string of the molecule is CNC(S)c1c(C)[nH]c2ccccc12. The van der Waals surface area contributed by atoms with Crippen molar-refractivity contribution in [3.63, 3.8) is 0 Å². The van der Waals surface area contributed by atoms with Gasteiger partial charge in [0.2, 0.25) is 0 Å². The summed E-state index contributed by atoms with van der Waals surface area (Å²) in [5.74, 6) is 0. The van der Waals surface area contributed by atoms with Gasteiger partial charge >= 0.3 is 0 Å². The number of H-pyrrole nitrogens is 1. The highest BCUT2D eigenvalue weighted by atomic mass is 32.1. The van der Waals surface area contributed by atoms with E-state index in [2.05, 4.69) is 48.1 Å². The van der Waals surface area contributed by atoms with Gasteiger partial charge < -0.3 is 10.3 Å². The van der Waals surface area contributed by atoms with Crippen molar-refractivity contribution in [2.24, 2.45) is 0 Å². The van der Waals surface area contributed by atoms with E-state index in [-0.39, 0.29) is 5.37 Å². The van der Waals surface area contributed by atoms with E-state index in [1.165, 1.54) is 22.2 Å². The molecule has 1 heterocycles. The van der Waals surface area contributed by atoms with Crippen LogP contribution in [0.4, 0.5) is 0 Å². The topological polar surface area (TPSA) is 27.8 Å². The van der Waals surface area contributed by atoms with E-state index in [1.807, 2.05) is 13.1 Å². The van der Waals surface area contributed by atoms with Crippen LogP contribution in [0.2, 0.25) is 0 Å². The number of benzene rings is 1. The number of fused-ring (bicyclic) bond motifs is 1. The molecule has 1 aromatic heterocycles. The highest BCUT2D eigenvalue weighted by molar-refractivity contribution is 7.80. The molecule has 2 nitrogen and oxygen atoms in total. The summed E-state index contributed by atoms with van der Waals surface area (Å²) in [4.78, 5) is 3.35. The van der Waals surface area contributed by atoms with Gasteiger partial charge in [-0.3, -0.25) is 0 Å². The molecule has 0 fully saturated rings. The molecule has 1 aromatic carbocycles. The Morgan fingerprint density at radius 3 is 2.79 bits per heavy atom. The van der Waals surface area contributed by atoms with Gasteiger partial charge in [-0.05, 0) is 20.0 Å². The zero-order valence-electron chi connectivity index (χ0n) is 8.33. The number of thiol groups is 1. The summed E-state index contributed by atoms with van der Waals surface area (Å²) in [6, 6.07) is 8.29. The van der Waals surface area contributed by atoms with Crippen LogP contribution in [0.15, 0.2) is 24.3 Å². The number of para-hydroxylation sites is 1. The van der Waals surface area contributed by atoms with Crippen molar-refractivity contribution < 1.29 is 0 Å². The summed E-state index contributed by atoms with van der Waals surface area (Å²) in [6.45, 7) is 2.08. The Hall–Kier alpha value is -0.930. The number of aryl methyl sites for hydroxylation is 1. The van der Waals surface area contributed by atoms with Crippen LogP contribution >= 0.6 is 12.6 Å². The minimum absolute atomic E-state index is 0.0890. The molecule has 0 aliphatic rings. The van der Waals surface area contributed by atoms with Crippen LogP contribution in [0.1, 0.15) is 16.6 Å². The Bertz CT molecular complexity index is 447. The zero-order chi connectivity index (χ0) is 10.1. The third kappa shape index (κ3) is 1.42. The molecule has 1 unspecified atom stereocenters. The Morgan fingerprint density at radius 1 is 1.36 bits per heavy atom. The van der Waals surface area contributed by atoms with Crippen molar-refractivity contribution in [1.82, 2.24) is 10.3 Å². The van der Waals surface area contributed by atoms with Crippen LogP contribution in [0.5, 0.6) is 0 Å². The van der Waals surface area contributed by atoms with Crippen molar-refractivity contribution in [3.05, 3.63) is 35.5 Å². The van der Waals surface area contributed by atoms with E-state index in [4.69, 9.17) is 0 Å². The van der Waals surface area contributed by atoms with Crippen molar-refractivity contribution in [3.8, 4) is 0 Å². The van der Waals surface area contributed by atoms with Gasteiger partial charge in [0.1, 0.15) is 0 Å². The lowest BCUT2D eigenvalue weighted by Crippen LogP contribution is -2.10. The van der Waals surface area contributed by atoms with Crippen LogP contribution in [-0.2, 0) is 0 Å². The summed E-state index contributed by atoms with van der Waals surface area (Å²) in [5.41, 5.74) is 3.60. The quantitative estimate of drug-likeness (QED) is 0.511. The molecule has 0 aliphatic carbocycles. The third-order valence-corrected chi connectivity index (χ3v) is 3.01. The average Bonchev–Trinajstić information content (AvgIpc) is 2.53. The number of aromatic nitrogens is 1. The van der Waals surface area contributed by atoms with Crippen LogP contribution in [0.25, 0.3) is 10.9 Å². The molecule has 1 atom stereocenters. The molecule has 3 heteroatoms. The maximum absolute atomic E-state index is 4.50. The van der Waals surface area contributed by atoms with Gasteiger partial charge in [0, 0.05) is 22.2 Å². The first-order chi connectivity index (χ1) is 6.74. The third-order valence-electron chi connectivity index (χ3n) is 2.49. The highest BCUT2D eigenvalue weighted by Crippen LogP contribution is 2.29. The van der Waals surface area contributed by atoms with Crippen LogP contribution in [0, 0.1) is 6.92 Å². The summed E-state index contributed by atoms with van der Waals surface area (Å²) in [7, 11) is 1.92. The summed E-state index contributed by atoms with van der Waals surface area (Å²) >= 11 is 4.50. The van der Waals surface area contributed by atoms with E-state index in [0.717, 1.165) is 0 Å². The van der Waals surface area contributed by atoms with Gasteiger partial charge in [0.05, 0.1) is 5.37 Å². The first-order valence-corrected chi connectivity index (χ1v) is 5.18. The van der Waals surface area contributed by atoms with Crippen LogP contribution in [0.3, 0.4) is 0 Å². The number of hydrogen-bond donors (Lipinski definition) is 3. The van der Waals surface area contributed by atoms with Gasteiger partial charge in [-0.2, -0.15) is 12.6 Å². The molecule has 74 valence electrons. The fourth-order valence-corrected chi connectivity index (χ4v) is 2.13. The van der Waals surface area contributed by atoms with Crippen molar-refractivity contribution in [1.29, 1.82) is 0 Å². The fraction of sp³-hybridized carbons (Fsp3) is 0.273. The second-order valence-electron chi connectivity index (χ2n) is 3.40. The minimum atomic E-state index is 0.0890. The molecule has 0 saturated heterocycles. The molecule has 0 spiro atoms. The lowest BCUT2D eigenvalue weighted by atomic mass is 10.1. The van der Waals surface area contributed by atoms with E-state index in [0.29, 0.717) is 0 Å².